The second-order valence-corrected chi connectivity index (χ2v) is 7.92. The molecule has 0 aliphatic carbocycles. The van der Waals surface area contributed by atoms with Crippen LogP contribution in [0.1, 0.15) is 13.3 Å². The molecule has 0 unspecified atom stereocenters. The minimum absolute atomic E-state index is 0.0518. The van der Waals surface area contributed by atoms with Crippen molar-refractivity contribution in [1.82, 2.24) is 5.32 Å². The fourth-order valence-corrected chi connectivity index (χ4v) is 4.57. The van der Waals surface area contributed by atoms with Crippen molar-refractivity contribution in [1.29, 1.82) is 0 Å². The Morgan fingerprint density at radius 2 is 2.14 bits per heavy atom. The average molecular weight is 333 g/mol. The van der Waals surface area contributed by atoms with Gasteiger partial charge in [-0.25, -0.2) is 13.2 Å². The van der Waals surface area contributed by atoms with Crippen LogP contribution >= 0.6 is 11.6 Å². The van der Waals surface area contributed by atoms with Crippen molar-refractivity contribution in [3.8, 4) is 5.75 Å². The highest BCUT2D eigenvalue weighted by molar-refractivity contribution is 7.91. The van der Waals surface area contributed by atoms with Gasteiger partial charge in [0.2, 0.25) is 0 Å². The predicted octanol–water partition coefficient (Wildman–Crippen LogP) is 2.05. The van der Waals surface area contributed by atoms with E-state index >= 15 is 0 Å². The lowest BCUT2D eigenvalue weighted by molar-refractivity contribution is 0.242. The van der Waals surface area contributed by atoms with Crippen LogP contribution in [0.25, 0.3) is 0 Å². The highest BCUT2D eigenvalue weighted by Crippen LogP contribution is 2.27. The maximum Gasteiger partial charge on any atom is 0.319 e. The summed E-state index contributed by atoms with van der Waals surface area (Å²) in [5.41, 5.74) is -0.318. The van der Waals surface area contributed by atoms with Crippen molar-refractivity contribution in [3.05, 3.63) is 23.2 Å². The Hall–Kier alpha value is -1.47. The summed E-state index contributed by atoms with van der Waals surface area (Å²) in [6.07, 6.45) is 0.402. The fraction of sp³-hybridized carbons (Fsp3) is 0.462. The van der Waals surface area contributed by atoms with E-state index in [1.807, 2.05) is 0 Å². The van der Waals surface area contributed by atoms with E-state index in [1.165, 1.54) is 7.11 Å². The summed E-state index contributed by atoms with van der Waals surface area (Å²) in [7, 11) is -1.55. The molecule has 0 radical (unpaired) electrons. The van der Waals surface area contributed by atoms with E-state index in [-0.39, 0.29) is 11.5 Å². The van der Waals surface area contributed by atoms with E-state index in [2.05, 4.69) is 10.6 Å². The van der Waals surface area contributed by atoms with Crippen LogP contribution in [0.5, 0.6) is 5.75 Å². The lowest BCUT2D eigenvalue weighted by Crippen LogP contribution is -2.48. The fourth-order valence-electron chi connectivity index (χ4n) is 2.26. The molecule has 6 nitrogen and oxygen atoms in total. The summed E-state index contributed by atoms with van der Waals surface area (Å²) in [5, 5.41) is 5.65. The molecule has 2 rings (SSSR count). The Morgan fingerprint density at radius 3 is 2.67 bits per heavy atom. The van der Waals surface area contributed by atoms with Crippen molar-refractivity contribution in [2.75, 3.05) is 23.9 Å². The van der Waals surface area contributed by atoms with Crippen LogP contribution in [-0.4, -0.2) is 38.6 Å². The number of anilines is 1. The molecule has 0 aromatic heterocycles. The van der Waals surface area contributed by atoms with Gasteiger partial charge in [-0.05, 0) is 25.5 Å². The normalized spacial score (nSPS) is 23.6. The Bertz CT molecular complexity index is 662. The summed E-state index contributed by atoms with van der Waals surface area (Å²) >= 11 is 6.03. The van der Waals surface area contributed by atoms with Gasteiger partial charge in [0.25, 0.3) is 0 Å². The number of rotatable bonds is 3. The Kier molecular flexibility index (Phi) is 4.34. The van der Waals surface area contributed by atoms with Gasteiger partial charge in [-0.15, -0.1) is 0 Å². The molecule has 1 aromatic rings. The number of nitrogens with one attached hydrogen (secondary N) is 2. The van der Waals surface area contributed by atoms with Crippen LogP contribution in [-0.2, 0) is 9.84 Å². The molecule has 1 aliphatic heterocycles. The van der Waals surface area contributed by atoms with E-state index in [0.717, 1.165) is 0 Å². The van der Waals surface area contributed by atoms with E-state index in [0.29, 0.717) is 22.9 Å². The number of hydrogen-bond acceptors (Lipinski definition) is 4. The lowest BCUT2D eigenvalue weighted by atomic mass is 10.0. The quantitative estimate of drug-likeness (QED) is 0.887. The molecule has 1 aliphatic rings. The minimum Gasteiger partial charge on any atom is -0.497 e. The molecular formula is C13H17ClN2O4S. The van der Waals surface area contributed by atoms with Crippen LogP contribution in [0.2, 0.25) is 5.02 Å². The molecule has 1 heterocycles. The number of amides is 2. The van der Waals surface area contributed by atoms with Crippen molar-refractivity contribution in [2.45, 2.75) is 18.9 Å². The van der Waals surface area contributed by atoms with Crippen LogP contribution in [0.4, 0.5) is 10.5 Å². The van der Waals surface area contributed by atoms with Gasteiger partial charge in [0.05, 0.1) is 34.9 Å². The predicted molar refractivity (Wildman–Crippen MR) is 81.8 cm³/mol. The second-order valence-electron chi connectivity index (χ2n) is 5.33. The number of ether oxygens (including phenoxy) is 1. The molecule has 1 aromatic carbocycles. The highest BCUT2D eigenvalue weighted by Gasteiger charge is 2.39. The highest BCUT2D eigenvalue weighted by atomic mass is 35.5. The molecule has 116 valence electrons. The standard InChI is InChI=1S/C13H17ClN2O4S/c1-13(5-6-21(18,19)8-13)16-12(17)15-11-4-3-9(20-2)7-10(11)14/h3-4,7H,5-6,8H2,1-2H3,(H2,15,16,17)/t13-/m1/s1. The first-order valence-corrected chi connectivity index (χ1v) is 8.56. The van der Waals surface area contributed by atoms with E-state index in [4.69, 9.17) is 16.3 Å². The minimum atomic E-state index is -3.07. The van der Waals surface area contributed by atoms with Crippen LogP contribution < -0.4 is 15.4 Å². The largest absolute Gasteiger partial charge is 0.497 e. The Morgan fingerprint density at radius 1 is 1.43 bits per heavy atom. The molecule has 8 heteroatoms. The van der Waals surface area contributed by atoms with Gasteiger partial charge in [0, 0.05) is 6.07 Å². The van der Waals surface area contributed by atoms with E-state index < -0.39 is 21.4 Å². The zero-order valence-corrected chi connectivity index (χ0v) is 13.3. The molecule has 1 fully saturated rings. The molecular weight excluding hydrogens is 316 g/mol. The number of urea groups is 1. The number of carbonyl (C=O) groups excluding carboxylic acids is 1. The molecule has 0 spiro atoms. The van der Waals surface area contributed by atoms with Crippen molar-refractivity contribution >= 4 is 33.2 Å². The summed E-state index contributed by atoms with van der Waals surface area (Å²) < 4.78 is 28.0. The number of halogens is 1. The summed E-state index contributed by atoms with van der Waals surface area (Å²) in [4.78, 5) is 12.0. The molecule has 2 amide bonds. The molecule has 0 bridgehead atoms. The van der Waals surface area contributed by atoms with Crippen molar-refractivity contribution in [3.63, 3.8) is 0 Å². The number of sulfone groups is 1. The topological polar surface area (TPSA) is 84.5 Å². The molecule has 0 saturated carbocycles. The SMILES string of the molecule is COc1ccc(NC(=O)N[C@]2(C)CCS(=O)(=O)C2)c(Cl)c1. The van der Waals surface area contributed by atoms with Gasteiger partial charge in [0.15, 0.2) is 9.84 Å². The number of hydrogen-bond donors (Lipinski definition) is 2. The molecule has 21 heavy (non-hydrogen) atoms. The second kappa shape index (κ2) is 5.73. The average Bonchev–Trinajstić information content (AvgIpc) is 2.65. The smallest absolute Gasteiger partial charge is 0.319 e. The van der Waals surface area contributed by atoms with Gasteiger partial charge in [-0.2, -0.15) is 0 Å². The van der Waals surface area contributed by atoms with Gasteiger partial charge in [-0.3, -0.25) is 0 Å². The van der Waals surface area contributed by atoms with Gasteiger partial charge in [-0.1, -0.05) is 11.6 Å². The molecule has 1 atom stereocenters. The van der Waals surface area contributed by atoms with Crippen molar-refractivity contribution < 1.29 is 17.9 Å². The monoisotopic (exact) mass is 332 g/mol. The third kappa shape index (κ3) is 4.01. The lowest BCUT2D eigenvalue weighted by Gasteiger charge is -2.24. The zero-order valence-electron chi connectivity index (χ0n) is 11.8. The zero-order chi connectivity index (χ0) is 15.7. The Labute approximate surface area is 128 Å². The molecule has 2 N–H and O–H groups in total. The third-order valence-electron chi connectivity index (χ3n) is 3.34. The van der Waals surface area contributed by atoms with Gasteiger partial charge < -0.3 is 15.4 Å². The summed E-state index contributed by atoms with van der Waals surface area (Å²) in [6, 6.07) is 4.39. The summed E-state index contributed by atoms with van der Waals surface area (Å²) in [5.74, 6) is 0.622. The first-order chi connectivity index (χ1) is 9.73. The maximum absolute atomic E-state index is 12.0. The maximum atomic E-state index is 12.0. The Balaban J connectivity index is 2.02. The van der Waals surface area contributed by atoms with Crippen molar-refractivity contribution in [2.24, 2.45) is 0 Å². The first kappa shape index (κ1) is 15.9. The molecule has 1 saturated heterocycles. The summed E-state index contributed by atoms with van der Waals surface area (Å²) in [6.45, 7) is 1.72. The number of carbonyl (C=O) groups is 1. The van der Waals surface area contributed by atoms with Gasteiger partial charge >= 0.3 is 6.03 Å². The first-order valence-electron chi connectivity index (χ1n) is 6.36. The van der Waals surface area contributed by atoms with E-state index in [1.54, 1.807) is 25.1 Å². The number of methoxy groups -OCH3 is 1. The van der Waals surface area contributed by atoms with E-state index in [9.17, 15) is 13.2 Å². The van der Waals surface area contributed by atoms with Gasteiger partial charge in [0.1, 0.15) is 5.75 Å². The van der Waals surface area contributed by atoms with Crippen LogP contribution in [0.15, 0.2) is 18.2 Å². The third-order valence-corrected chi connectivity index (χ3v) is 5.56. The number of benzene rings is 1. The van der Waals surface area contributed by atoms with Crippen LogP contribution in [0, 0.1) is 0 Å². The van der Waals surface area contributed by atoms with Crippen LogP contribution in [0.3, 0.4) is 0 Å².